The average Bonchev–Trinajstić information content (AvgIpc) is 2.29. The highest BCUT2D eigenvalue weighted by Gasteiger charge is 2.59. The van der Waals surface area contributed by atoms with Crippen molar-refractivity contribution in [2.45, 2.75) is 84.8 Å². The predicted octanol–water partition coefficient (Wildman–Crippen LogP) is 3.44. The van der Waals surface area contributed by atoms with Crippen LogP contribution in [0.5, 0.6) is 0 Å². The molecule has 0 heterocycles. The topological polar surface area (TPSA) is 106 Å². The molecule has 0 aliphatic heterocycles. The van der Waals surface area contributed by atoms with Crippen LogP contribution in [0.15, 0.2) is 0 Å². The van der Waals surface area contributed by atoms with Crippen LogP contribution in [0.2, 0.25) is 0 Å². The standard InChI is InChI=1S/C17H35BrNO7P/c1-14(2,3)24-13(20)12-19(11-10-18)17(27(21,22)23,25-15(4,5)6)26-16(7,8)9/h10-12H2,1-9H3,(H2,21,22,23). The van der Waals surface area contributed by atoms with Crippen molar-refractivity contribution in [3.8, 4) is 0 Å². The van der Waals surface area contributed by atoms with E-state index in [0.29, 0.717) is 5.33 Å². The van der Waals surface area contributed by atoms with Crippen molar-refractivity contribution in [2.75, 3.05) is 18.4 Å². The van der Waals surface area contributed by atoms with Gasteiger partial charge in [0.15, 0.2) is 0 Å². The summed E-state index contributed by atoms with van der Waals surface area (Å²) in [6.45, 7) is 14.7. The second kappa shape index (κ2) is 9.20. The molecule has 0 aliphatic carbocycles. The molecule has 0 unspecified atom stereocenters. The van der Waals surface area contributed by atoms with Crippen molar-refractivity contribution in [1.82, 2.24) is 4.90 Å². The minimum absolute atomic E-state index is 0.0799. The molecule has 2 N–H and O–H groups in total. The van der Waals surface area contributed by atoms with Gasteiger partial charge in [0.05, 0.1) is 11.2 Å². The van der Waals surface area contributed by atoms with Gasteiger partial charge < -0.3 is 24.0 Å². The molecule has 0 spiro atoms. The predicted molar refractivity (Wildman–Crippen MR) is 108 cm³/mol. The Morgan fingerprint density at radius 2 is 1.33 bits per heavy atom. The summed E-state index contributed by atoms with van der Waals surface area (Å²) in [6.07, 6.45) is 0. The Balaban J connectivity index is 6.26. The second-order valence-electron chi connectivity index (χ2n) is 9.22. The molecule has 162 valence electrons. The lowest BCUT2D eigenvalue weighted by Crippen LogP contribution is -2.60. The Morgan fingerprint density at radius 1 is 0.926 bits per heavy atom. The minimum atomic E-state index is -5.04. The Kier molecular flexibility index (Phi) is 9.19. The Hall–Kier alpha value is -0.0200. The molecule has 0 aromatic carbocycles. The van der Waals surface area contributed by atoms with Gasteiger partial charge >= 0.3 is 19.2 Å². The molecule has 0 atom stereocenters. The van der Waals surface area contributed by atoms with E-state index in [1.807, 2.05) is 0 Å². The molecule has 0 aliphatic rings. The third kappa shape index (κ3) is 9.83. The van der Waals surface area contributed by atoms with E-state index in [2.05, 4.69) is 15.9 Å². The maximum absolute atomic E-state index is 12.6. The maximum atomic E-state index is 12.6. The molecular weight excluding hydrogens is 441 g/mol. The molecule has 0 saturated heterocycles. The first-order chi connectivity index (χ1) is 11.7. The number of carbonyl (C=O) groups excluding carboxylic acids is 1. The fourth-order valence-corrected chi connectivity index (χ4v) is 3.96. The largest absolute Gasteiger partial charge is 0.459 e. The van der Waals surface area contributed by atoms with E-state index in [1.54, 1.807) is 62.3 Å². The van der Waals surface area contributed by atoms with Gasteiger partial charge in [0, 0.05) is 11.9 Å². The van der Waals surface area contributed by atoms with Gasteiger partial charge in [0.1, 0.15) is 12.1 Å². The monoisotopic (exact) mass is 475 g/mol. The van der Waals surface area contributed by atoms with Gasteiger partial charge in [-0.05, 0) is 62.3 Å². The van der Waals surface area contributed by atoms with Crippen LogP contribution in [0.1, 0.15) is 62.3 Å². The maximum Gasteiger partial charge on any atom is 0.401 e. The van der Waals surface area contributed by atoms with Gasteiger partial charge in [-0.2, -0.15) is 0 Å². The fourth-order valence-electron chi connectivity index (χ4n) is 2.20. The lowest BCUT2D eigenvalue weighted by atomic mass is 10.2. The van der Waals surface area contributed by atoms with Crippen LogP contribution in [0.4, 0.5) is 0 Å². The lowest BCUT2D eigenvalue weighted by molar-refractivity contribution is -0.332. The van der Waals surface area contributed by atoms with Crippen LogP contribution in [0, 0.1) is 0 Å². The van der Waals surface area contributed by atoms with Gasteiger partial charge in [-0.1, -0.05) is 15.9 Å². The third-order valence-electron chi connectivity index (χ3n) is 2.74. The van der Waals surface area contributed by atoms with E-state index >= 15 is 0 Å². The molecule has 0 aromatic rings. The molecular formula is C17H35BrNO7P. The summed E-state index contributed by atoms with van der Waals surface area (Å²) < 4.78 is 29.6. The summed E-state index contributed by atoms with van der Waals surface area (Å²) in [7, 11) is -5.04. The molecule has 10 heteroatoms. The highest BCUT2D eigenvalue weighted by molar-refractivity contribution is 9.09. The summed E-state index contributed by atoms with van der Waals surface area (Å²) >= 11 is 3.26. The molecule has 0 amide bonds. The lowest BCUT2D eigenvalue weighted by Gasteiger charge is -2.47. The summed E-state index contributed by atoms with van der Waals surface area (Å²) in [5, 5.41) is 0.332. The van der Waals surface area contributed by atoms with Gasteiger partial charge in [-0.3, -0.25) is 9.36 Å². The first-order valence-electron chi connectivity index (χ1n) is 8.71. The Labute approximate surface area is 171 Å². The number of hydrogen-bond donors (Lipinski definition) is 2. The molecule has 0 radical (unpaired) electrons. The van der Waals surface area contributed by atoms with Crippen molar-refractivity contribution in [3.05, 3.63) is 0 Å². The van der Waals surface area contributed by atoms with E-state index in [-0.39, 0.29) is 6.54 Å². The number of ether oxygens (including phenoxy) is 3. The molecule has 0 rings (SSSR count). The molecule has 0 fully saturated rings. The number of halogens is 1. The quantitative estimate of drug-likeness (QED) is 0.238. The highest BCUT2D eigenvalue weighted by atomic mass is 79.9. The van der Waals surface area contributed by atoms with Gasteiger partial charge in [0.25, 0.3) is 0 Å². The van der Waals surface area contributed by atoms with Crippen molar-refractivity contribution < 1.29 is 33.4 Å². The van der Waals surface area contributed by atoms with E-state index in [9.17, 15) is 19.1 Å². The van der Waals surface area contributed by atoms with E-state index < -0.39 is 42.6 Å². The normalized spacial score (nSPS) is 14.6. The van der Waals surface area contributed by atoms with Crippen LogP contribution >= 0.6 is 23.5 Å². The van der Waals surface area contributed by atoms with Crippen molar-refractivity contribution in [1.29, 1.82) is 0 Å². The van der Waals surface area contributed by atoms with Gasteiger partial charge in [-0.15, -0.1) is 0 Å². The second-order valence-corrected chi connectivity index (χ2v) is 11.7. The summed E-state index contributed by atoms with van der Waals surface area (Å²) in [5.41, 5.74) is -5.12. The number of carbonyl (C=O) groups is 1. The van der Waals surface area contributed by atoms with Crippen LogP contribution in [-0.4, -0.2) is 61.5 Å². The number of rotatable bonds is 8. The van der Waals surface area contributed by atoms with Crippen LogP contribution in [0.3, 0.4) is 0 Å². The summed E-state index contributed by atoms with van der Waals surface area (Å²) in [6, 6.07) is 0. The molecule has 8 nitrogen and oxygen atoms in total. The molecule has 27 heavy (non-hydrogen) atoms. The zero-order chi connectivity index (χ0) is 21.9. The van der Waals surface area contributed by atoms with Gasteiger partial charge in [0.2, 0.25) is 0 Å². The zero-order valence-corrected chi connectivity index (χ0v) is 20.3. The van der Waals surface area contributed by atoms with Crippen LogP contribution in [-0.2, 0) is 23.6 Å². The Morgan fingerprint density at radius 3 is 1.59 bits per heavy atom. The van der Waals surface area contributed by atoms with E-state index in [1.165, 1.54) is 4.90 Å². The van der Waals surface area contributed by atoms with Crippen molar-refractivity contribution >= 4 is 29.5 Å². The number of nitrogens with zero attached hydrogens (tertiary/aromatic N) is 1. The number of hydrogen-bond acceptors (Lipinski definition) is 6. The molecule has 0 aromatic heterocycles. The third-order valence-corrected chi connectivity index (χ3v) is 4.30. The summed E-state index contributed by atoms with van der Waals surface area (Å²) in [5.74, 6) is -0.642. The molecule has 0 bridgehead atoms. The zero-order valence-electron chi connectivity index (χ0n) is 17.8. The fraction of sp³-hybridized carbons (Fsp3) is 0.941. The summed E-state index contributed by atoms with van der Waals surface area (Å²) in [4.78, 5) is 34.1. The minimum Gasteiger partial charge on any atom is -0.459 e. The van der Waals surface area contributed by atoms with Crippen molar-refractivity contribution in [2.24, 2.45) is 0 Å². The van der Waals surface area contributed by atoms with Gasteiger partial charge in [-0.25, -0.2) is 4.90 Å². The van der Waals surface area contributed by atoms with Crippen LogP contribution < -0.4 is 0 Å². The first-order valence-corrected chi connectivity index (χ1v) is 11.4. The average molecular weight is 476 g/mol. The number of esters is 1. The highest BCUT2D eigenvalue weighted by Crippen LogP contribution is 2.56. The van der Waals surface area contributed by atoms with Crippen LogP contribution in [0.25, 0.3) is 0 Å². The SMILES string of the molecule is CC(C)(C)OC(=O)CN(CCBr)C(OC(C)(C)C)(OC(C)(C)C)P(=O)(O)O. The molecule has 0 saturated carbocycles. The number of alkyl halides is 1. The van der Waals surface area contributed by atoms with Crippen molar-refractivity contribution in [3.63, 3.8) is 0 Å². The smallest absolute Gasteiger partial charge is 0.401 e. The first kappa shape index (κ1) is 27.0. The van der Waals surface area contributed by atoms with E-state index in [0.717, 1.165) is 0 Å². The van der Waals surface area contributed by atoms with E-state index in [4.69, 9.17) is 14.2 Å². The Bertz CT molecular complexity index is 527.